The number of nitrogens with one attached hydrogen (secondary N) is 2. The molecule has 4 rings (SSSR count). The lowest BCUT2D eigenvalue weighted by molar-refractivity contribution is -0.125. The summed E-state index contributed by atoms with van der Waals surface area (Å²) in [6, 6.07) is 9.83. The van der Waals surface area contributed by atoms with Crippen molar-refractivity contribution in [3.05, 3.63) is 40.7 Å². The highest BCUT2D eigenvalue weighted by Gasteiger charge is 2.48. The smallest absolute Gasteiger partial charge is 0.322 e. The molecule has 0 saturated carbocycles. The van der Waals surface area contributed by atoms with E-state index in [1.54, 1.807) is 11.3 Å². The molecule has 2 fully saturated rings. The highest BCUT2D eigenvalue weighted by atomic mass is 32.1. The molecule has 1 aromatic heterocycles. The highest BCUT2D eigenvalue weighted by Crippen LogP contribution is 2.31. The Hall–Kier alpha value is -2.25. The van der Waals surface area contributed by atoms with Gasteiger partial charge in [-0.25, -0.2) is 9.78 Å². The van der Waals surface area contributed by atoms with Crippen LogP contribution in [0, 0.1) is 5.92 Å². The number of hydrogen-bond acceptors (Lipinski definition) is 5. The molecule has 0 bridgehead atoms. The minimum Gasteiger partial charge on any atom is -0.323 e. The van der Waals surface area contributed by atoms with E-state index in [-0.39, 0.29) is 17.9 Å². The highest BCUT2D eigenvalue weighted by molar-refractivity contribution is 7.09. The summed E-state index contributed by atoms with van der Waals surface area (Å²) in [5, 5.41) is 8.39. The molecule has 136 valence electrons. The Balaban J connectivity index is 1.35. The Kier molecular flexibility index (Phi) is 4.50. The van der Waals surface area contributed by atoms with Gasteiger partial charge < -0.3 is 5.32 Å². The summed E-state index contributed by atoms with van der Waals surface area (Å²) in [6.07, 6.45) is 1.78. The SMILES string of the molecule is CC1(C2CCN(Cc3nc(-c4ccccc4)cs3)CC2)NC(=O)NC1=O. The quantitative estimate of drug-likeness (QED) is 0.812. The van der Waals surface area contributed by atoms with Crippen LogP contribution >= 0.6 is 11.3 Å². The van der Waals surface area contributed by atoms with E-state index < -0.39 is 5.54 Å². The number of thiazole rings is 1. The second kappa shape index (κ2) is 6.81. The fourth-order valence-electron chi connectivity index (χ4n) is 3.83. The van der Waals surface area contributed by atoms with Crippen molar-refractivity contribution in [1.29, 1.82) is 0 Å². The van der Waals surface area contributed by atoms with Crippen molar-refractivity contribution in [3.63, 3.8) is 0 Å². The molecule has 0 aliphatic carbocycles. The number of amides is 3. The van der Waals surface area contributed by atoms with E-state index in [0.717, 1.165) is 48.7 Å². The minimum absolute atomic E-state index is 0.168. The third kappa shape index (κ3) is 3.24. The van der Waals surface area contributed by atoms with Gasteiger partial charge >= 0.3 is 6.03 Å². The van der Waals surface area contributed by atoms with Crippen LogP contribution < -0.4 is 10.6 Å². The lowest BCUT2D eigenvalue weighted by Crippen LogP contribution is -2.53. The predicted molar refractivity (Wildman–Crippen MR) is 101 cm³/mol. The molecule has 2 aliphatic heterocycles. The average Bonchev–Trinajstić information content (AvgIpc) is 3.21. The van der Waals surface area contributed by atoms with Crippen LogP contribution in [0.5, 0.6) is 0 Å². The molecule has 26 heavy (non-hydrogen) atoms. The number of carbonyl (C=O) groups excluding carboxylic acids is 2. The number of hydrogen-bond donors (Lipinski definition) is 2. The number of rotatable bonds is 4. The Bertz CT molecular complexity index is 814. The van der Waals surface area contributed by atoms with E-state index in [4.69, 9.17) is 4.98 Å². The molecule has 3 heterocycles. The first-order chi connectivity index (χ1) is 12.5. The minimum atomic E-state index is -0.773. The van der Waals surface area contributed by atoms with Crippen molar-refractivity contribution >= 4 is 23.3 Å². The maximum absolute atomic E-state index is 12.1. The van der Waals surface area contributed by atoms with Crippen LogP contribution in [-0.4, -0.2) is 40.5 Å². The zero-order valence-corrected chi connectivity index (χ0v) is 15.5. The number of aromatic nitrogens is 1. The maximum atomic E-state index is 12.1. The van der Waals surface area contributed by atoms with Crippen molar-refractivity contribution < 1.29 is 9.59 Å². The Morgan fingerprint density at radius 3 is 2.62 bits per heavy atom. The van der Waals surface area contributed by atoms with Gasteiger partial charge in [0.1, 0.15) is 10.5 Å². The van der Waals surface area contributed by atoms with Crippen LogP contribution in [0.2, 0.25) is 0 Å². The van der Waals surface area contributed by atoms with Crippen molar-refractivity contribution in [3.8, 4) is 11.3 Å². The number of urea groups is 1. The fourth-order valence-corrected chi connectivity index (χ4v) is 4.67. The number of nitrogens with zero attached hydrogens (tertiary/aromatic N) is 2. The summed E-state index contributed by atoms with van der Waals surface area (Å²) < 4.78 is 0. The lowest BCUT2D eigenvalue weighted by atomic mass is 9.79. The van der Waals surface area contributed by atoms with E-state index in [9.17, 15) is 9.59 Å². The molecule has 0 spiro atoms. The van der Waals surface area contributed by atoms with Crippen LogP contribution in [0.25, 0.3) is 11.3 Å². The van der Waals surface area contributed by atoms with E-state index in [2.05, 4.69) is 33.0 Å². The zero-order valence-electron chi connectivity index (χ0n) is 14.7. The molecule has 2 aromatic rings. The first-order valence-electron chi connectivity index (χ1n) is 8.90. The van der Waals surface area contributed by atoms with Gasteiger partial charge in [-0.2, -0.15) is 0 Å². The number of carbonyl (C=O) groups is 2. The van der Waals surface area contributed by atoms with Gasteiger partial charge in [0, 0.05) is 10.9 Å². The van der Waals surface area contributed by atoms with Gasteiger partial charge in [0.15, 0.2) is 0 Å². The standard InChI is InChI=1S/C19H22N4O2S/c1-19(17(24)21-18(25)22-19)14-7-9-23(10-8-14)11-16-20-15(12-26-16)13-5-3-2-4-6-13/h2-6,12,14H,7-11H2,1H3,(H2,21,22,24,25). The van der Waals surface area contributed by atoms with Gasteiger partial charge in [-0.3, -0.25) is 15.0 Å². The van der Waals surface area contributed by atoms with Gasteiger partial charge in [0.25, 0.3) is 5.91 Å². The summed E-state index contributed by atoms with van der Waals surface area (Å²) in [5.74, 6) is -0.0326. The van der Waals surface area contributed by atoms with Crippen LogP contribution in [0.1, 0.15) is 24.8 Å². The third-order valence-corrected chi connectivity index (χ3v) is 6.29. The molecule has 2 aliphatic rings. The van der Waals surface area contributed by atoms with Crippen LogP contribution in [0.4, 0.5) is 4.79 Å². The zero-order chi connectivity index (χ0) is 18.1. The summed E-state index contributed by atoms with van der Waals surface area (Å²) in [7, 11) is 0. The van der Waals surface area contributed by atoms with E-state index >= 15 is 0 Å². The molecule has 1 unspecified atom stereocenters. The molecular weight excluding hydrogens is 348 g/mol. The molecule has 6 nitrogen and oxygen atoms in total. The molecular formula is C19H22N4O2S. The van der Waals surface area contributed by atoms with E-state index in [1.165, 1.54) is 0 Å². The maximum Gasteiger partial charge on any atom is 0.322 e. The van der Waals surface area contributed by atoms with Crippen LogP contribution in [0.3, 0.4) is 0 Å². The topological polar surface area (TPSA) is 74.3 Å². The normalized spacial score (nSPS) is 24.5. The number of likely N-dealkylation sites (tertiary alicyclic amines) is 1. The Morgan fingerprint density at radius 2 is 1.96 bits per heavy atom. The number of imide groups is 1. The van der Waals surface area contributed by atoms with E-state index in [0.29, 0.717) is 0 Å². The predicted octanol–water partition coefficient (Wildman–Crippen LogP) is 2.62. The number of piperidine rings is 1. The molecule has 1 aromatic carbocycles. The van der Waals surface area contributed by atoms with Gasteiger partial charge in [-0.1, -0.05) is 30.3 Å². The summed E-state index contributed by atoms with van der Waals surface area (Å²) in [6.45, 7) is 4.48. The number of benzene rings is 1. The van der Waals surface area contributed by atoms with Gasteiger partial charge in [0.2, 0.25) is 0 Å². The van der Waals surface area contributed by atoms with Gasteiger partial charge in [0.05, 0.1) is 12.2 Å². The summed E-state index contributed by atoms with van der Waals surface area (Å²) in [4.78, 5) is 30.7. The largest absolute Gasteiger partial charge is 0.323 e. The molecule has 3 amide bonds. The fraction of sp³-hybridized carbons (Fsp3) is 0.421. The summed E-state index contributed by atoms with van der Waals surface area (Å²) >= 11 is 1.69. The second-order valence-electron chi connectivity index (χ2n) is 7.15. The molecule has 1 atom stereocenters. The molecule has 0 radical (unpaired) electrons. The lowest BCUT2D eigenvalue weighted by Gasteiger charge is -2.38. The van der Waals surface area contributed by atoms with Crippen molar-refractivity contribution in [2.75, 3.05) is 13.1 Å². The molecule has 7 heteroatoms. The van der Waals surface area contributed by atoms with Crippen molar-refractivity contribution in [2.24, 2.45) is 5.92 Å². The van der Waals surface area contributed by atoms with Gasteiger partial charge in [-0.05, 0) is 38.8 Å². The molecule has 2 N–H and O–H groups in total. The summed E-state index contributed by atoms with van der Waals surface area (Å²) in [5.41, 5.74) is 1.40. The average molecular weight is 370 g/mol. The van der Waals surface area contributed by atoms with E-state index in [1.807, 2.05) is 25.1 Å². The van der Waals surface area contributed by atoms with Gasteiger partial charge in [-0.15, -0.1) is 11.3 Å². The molecule has 2 saturated heterocycles. The second-order valence-corrected chi connectivity index (χ2v) is 8.10. The van der Waals surface area contributed by atoms with Crippen molar-refractivity contribution in [2.45, 2.75) is 31.8 Å². The van der Waals surface area contributed by atoms with Crippen molar-refractivity contribution in [1.82, 2.24) is 20.5 Å². The third-order valence-electron chi connectivity index (χ3n) is 5.46. The first kappa shape index (κ1) is 17.2. The van der Waals surface area contributed by atoms with Crippen LogP contribution in [-0.2, 0) is 11.3 Å². The Morgan fingerprint density at radius 1 is 1.23 bits per heavy atom. The van der Waals surface area contributed by atoms with Crippen LogP contribution in [0.15, 0.2) is 35.7 Å². The monoisotopic (exact) mass is 370 g/mol. The first-order valence-corrected chi connectivity index (χ1v) is 9.78. The Labute approximate surface area is 156 Å².